The Balaban J connectivity index is 4.10. The van der Waals surface area contributed by atoms with Crippen molar-refractivity contribution in [2.24, 2.45) is 0 Å². The third kappa shape index (κ3) is 63.6. The summed E-state index contributed by atoms with van der Waals surface area (Å²) in [5.41, 5.74) is 0. The van der Waals surface area contributed by atoms with E-state index in [1.54, 1.807) is 0 Å². The van der Waals surface area contributed by atoms with Crippen LogP contribution in [0.2, 0.25) is 0 Å². The number of phosphoric acid groups is 1. The molecule has 0 heterocycles. The second kappa shape index (κ2) is 60.0. The zero-order valence-electron chi connectivity index (χ0n) is 52.0. The number of nitrogens with zero attached hydrogens (tertiary/aromatic N) is 1. The van der Waals surface area contributed by atoms with E-state index in [4.69, 9.17) is 18.5 Å². The molecule has 0 aliphatic rings. The first kappa shape index (κ1) is 76.4. The van der Waals surface area contributed by atoms with E-state index >= 15 is 0 Å². The highest BCUT2D eigenvalue weighted by atomic mass is 31.2. The maximum absolute atomic E-state index is 12.8. The number of quaternary nitrogens is 1. The number of esters is 2. The Hall–Kier alpha value is -3.59. The summed E-state index contributed by atoms with van der Waals surface area (Å²) in [5, 5.41) is 0. The van der Waals surface area contributed by atoms with Crippen molar-refractivity contribution in [3.8, 4) is 0 Å². The number of hydrogen-bond donors (Lipinski definition) is 0. The van der Waals surface area contributed by atoms with Crippen LogP contribution >= 0.6 is 7.82 Å². The largest absolute Gasteiger partial charge is 0.756 e. The molecule has 0 saturated heterocycles. The summed E-state index contributed by atoms with van der Waals surface area (Å²) in [6.07, 6.45) is 85.4. The molecule has 80 heavy (non-hydrogen) atoms. The van der Waals surface area contributed by atoms with Gasteiger partial charge < -0.3 is 27.9 Å². The molecule has 0 aliphatic heterocycles. The maximum atomic E-state index is 12.8. The van der Waals surface area contributed by atoms with Crippen molar-refractivity contribution < 1.29 is 42.1 Å². The second-order valence-corrected chi connectivity index (χ2v) is 23.8. The van der Waals surface area contributed by atoms with E-state index in [-0.39, 0.29) is 26.1 Å². The fourth-order valence-corrected chi connectivity index (χ4v) is 9.32. The number of carbonyl (C=O) groups excluding carboxylic acids is 2. The van der Waals surface area contributed by atoms with Crippen LogP contribution in [-0.4, -0.2) is 70.0 Å². The number of allylic oxidation sites excluding steroid dienone is 20. The predicted octanol–water partition coefficient (Wildman–Crippen LogP) is 20.1. The molecule has 0 spiro atoms. The zero-order chi connectivity index (χ0) is 58.4. The van der Waals surface area contributed by atoms with Crippen molar-refractivity contribution in [3.63, 3.8) is 0 Å². The maximum Gasteiger partial charge on any atom is 0.306 e. The third-order valence-electron chi connectivity index (χ3n) is 13.5. The summed E-state index contributed by atoms with van der Waals surface area (Å²) in [6.45, 7) is 4.01. The van der Waals surface area contributed by atoms with Crippen LogP contribution in [-0.2, 0) is 32.7 Å². The fourth-order valence-electron chi connectivity index (χ4n) is 8.59. The Morgan fingerprint density at radius 3 is 1.00 bits per heavy atom. The Bertz CT molecular complexity index is 1760. The normalized spacial score (nSPS) is 14.0. The molecule has 0 rings (SSSR count). The van der Waals surface area contributed by atoms with E-state index in [1.807, 2.05) is 21.1 Å². The number of likely N-dealkylation sites (N-methyl/N-ethyl adjacent to an activating group) is 1. The van der Waals surface area contributed by atoms with Crippen LogP contribution in [0.25, 0.3) is 0 Å². The Morgan fingerprint density at radius 1 is 0.388 bits per heavy atom. The van der Waals surface area contributed by atoms with Crippen molar-refractivity contribution in [2.75, 3.05) is 47.5 Å². The molecule has 2 unspecified atom stereocenters. The lowest BCUT2D eigenvalue weighted by Crippen LogP contribution is -2.37. The number of carbonyl (C=O) groups is 2. The summed E-state index contributed by atoms with van der Waals surface area (Å²) in [6, 6.07) is 0. The van der Waals surface area contributed by atoms with Crippen LogP contribution in [0.1, 0.15) is 258 Å². The number of ether oxygens (including phenoxy) is 2. The summed E-state index contributed by atoms with van der Waals surface area (Å²) in [4.78, 5) is 38.0. The van der Waals surface area contributed by atoms with Gasteiger partial charge in [0.05, 0.1) is 27.7 Å². The molecule has 0 aromatic heterocycles. The molecule has 0 bridgehead atoms. The van der Waals surface area contributed by atoms with Crippen molar-refractivity contribution in [3.05, 3.63) is 122 Å². The number of unbranched alkanes of at least 4 members (excludes halogenated alkanes) is 24. The quantitative estimate of drug-likeness (QED) is 0.0195. The molecular formula is C70H120NO8P. The van der Waals surface area contributed by atoms with Crippen molar-refractivity contribution in [1.29, 1.82) is 0 Å². The van der Waals surface area contributed by atoms with Crippen LogP contribution in [0.3, 0.4) is 0 Å². The number of phosphoric ester groups is 1. The van der Waals surface area contributed by atoms with Crippen LogP contribution in [0.5, 0.6) is 0 Å². The minimum Gasteiger partial charge on any atom is -0.756 e. The van der Waals surface area contributed by atoms with Gasteiger partial charge in [0.2, 0.25) is 0 Å². The average molecular weight is 1130 g/mol. The van der Waals surface area contributed by atoms with Crippen LogP contribution in [0.15, 0.2) is 122 Å². The Kier molecular flexibility index (Phi) is 57.3. The van der Waals surface area contributed by atoms with Crippen LogP contribution < -0.4 is 4.89 Å². The highest BCUT2D eigenvalue weighted by molar-refractivity contribution is 7.45. The van der Waals surface area contributed by atoms with E-state index in [0.29, 0.717) is 23.9 Å². The lowest BCUT2D eigenvalue weighted by molar-refractivity contribution is -0.870. The first-order valence-electron chi connectivity index (χ1n) is 32.2. The first-order chi connectivity index (χ1) is 39.0. The zero-order valence-corrected chi connectivity index (χ0v) is 52.9. The molecule has 0 fully saturated rings. The summed E-state index contributed by atoms with van der Waals surface area (Å²) in [5.74, 6) is -0.846. The van der Waals surface area contributed by atoms with Crippen LogP contribution in [0, 0.1) is 0 Å². The molecule has 2 atom stereocenters. The summed E-state index contributed by atoms with van der Waals surface area (Å²) < 4.78 is 34.2. The van der Waals surface area contributed by atoms with Gasteiger partial charge in [0.25, 0.3) is 7.82 Å². The van der Waals surface area contributed by atoms with Crippen molar-refractivity contribution in [2.45, 2.75) is 264 Å². The van der Waals surface area contributed by atoms with E-state index in [1.165, 1.54) is 109 Å². The summed E-state index contributed by atoms with van der Waals surface area (Å²) in [7, 11) is 1.15. The van der Waals surface area contributed by atoms with Gasteiger partial charge in [0.15, 0.2) is 6.10 Å². The molecule has 0 aliphatic carbocycles. The Labute approximate surface area is 492 Å². The summed E-state index contributed by atoms with van der Waals surface area (Å²) >= 11 is 0. The van der Waals surface area contributed by atoms with Gasteiger partial charge in [0, 0.05) is 12.8 Å². The third-order valence-corrected chi connectivity index (χ3v) is 14.4. The van der Waals surface area contributed by atoms with Gasteiger partial charge in [-0.2, -0.15) is 0 Å². The van der Waals surface area contributed by atoms with E-state index in [9.17, 15) is 19.0 Å². The number of hydrogen-bond acceptors (Lipinski definition) is 8. The van der Waals surface area contributed by atoms with E-state index in [2.05, 4.69) is 135 Å². The minimum atomic E-state index is -4.65. The molecule has 0 radical (unpaired) electrons. The molecule has 10 heteroatoms. The second-order valence-electron chi connectivity index (χ2n) is 22.4. The SMILES string of the molecule is CC/C=C\C/C=C\C/C=C\C/C=C\C/C=C\CCCCCCCCCCCCCCCCCCCC(=O)OC(COC(=O)CCCCCCCCC/C=C\C/C=C\C/C=C\C/C=C\C/C=C\CC)COP(=O)([O-])OCC[N+](C)(C)C. The van der Waals surface area contributed by atoms with Gasteiger partial charge >= 0.3 is 11.9 Å². The monoisotopic (exact) mass is 1130 g/mol. The average Bonchev–Trinajstić information content (AvgIpc) is 3.42. The minimum absolute atomic E-state index is 0.0376. The smallest absolute Gasteiger partial charge is 0.306 e. The number of rotatable bonds is 58. The van der Waals surface area contributed by atoms with Crippen molar-refractivity contribution >= 4 is 19.8 Å². The van der Waals surface area contributed by atoms with Gasteiger partial charge in [0.1, 0.15) is 19.8 Å². The standard InChI is InChI=1S/C70H120NO8P/c1-6-8-10-12-14-16-18-20-22-24-26-28-30-31-32-33-34-35-36-37-38-39-41-43-45-47-49-51-53-55-57-59-61-63-70(73)79-68(67-78-80(74,75)77-65-64-71(3,4)5)66-76-69(72)62-60-58-56-54-52-50-48-46-44-42-40-29-27-25-23-21-19-17-15-13-11-9-7-2/h8-11,14-17,20-23,26-29,31-32,42,44,68H,6-7,12-13,18-19,24-25,30,33-41,43,45-67H2,1-5H3/b10-8-,11-9-,16-14-,17-15-,22-20-,23-21-,28-26-,29-27-,32-31-,44-42-. The lowest BCUT2D eigenvalue weighted by atomic mass is 10.0. The van der Waals surface area contributed by atoms with Crippen LogP contribution in [0.4, 0.5) is 0 Å². The molecule has 9 nitrogen and oxygen atoms in total. The highest BCUT2D eigenvalue weighted by Crippen LogP contribution is 2.38. The molecule has 0 N–H and O–H groups in total. The molecule has 0 aromatic rings. The lowest BCUT2D eigenvalue weighted by Gasteiger charge is -2.28. The van der Waals surface area contributed by atoms with Gasteiger partial charge in [-0.3, -0.25) is 14.2 Å². The van der Waals surface area contributed by atoms with Gasteiger partial charge in [-0.15, -0.1) is 0 Å². The van der Waals surface area contributed by atoms with Crippen molar-refractivity contribution in [1.82, 2.24) is 0 Å². The molecule has 458 valence electrons. The molecule has 0 aromatic carbocycles. The molecular weight excluding hydrogens is 1010 g/mol. The molecule has 0 amide bonds. The van der Waals surface area contributed by atoms with E-state index < -0.39 is 32.5 Å². The Morgan fingerprint density at radius 2 is 0.675 bits per heavy atom. The van der Waals surface area contributed by atoms with Gasteiger partial charge in [-0.05, 0) is 103 Å². The van der Waals surface area contributed by atoms with E-state index in [0.717, 1.165) is 109 Å². The van der Waals surface area contributed by atoms with Gasteiger partial charge in [-0.25, -0.2) is 0 Å². The fraction of sp³-hybridized carbons (Fsp3) is 0.686. The predicted molar refractivity (Wildman–Crippen MR) is 341 cm³/mol. The first-order valence-corrected chi connectivity index (χ1v) is 33.7. The topological polar surface area (TPSA) is 111 Å². The van der Waals surface area contributed by atoms with Gasteiger partial charge in [-0.1, -0.05) is 264 Å². The highest BCUT2D eigenvalue weighted by Gasteiger charge is 2.22. The molecule has 0 saturated carbocycles.